The average molecular weight is 418 g/mol. The van der Waals surface area contributed by atoms with E-state index in [2.05, 4.69) is 11.2 Å². The van der Waals surface area contributed by atoms with Gasteiger partial charge in [0.15, 0.2) is 11.5 Å². The molecule has 1 aromatic carbocycles. The molecule has 8 nitrogen and oxygen atoms in total. The predicted octanol–water partition coefficient (Wildman–Crippen LogP) is 1.90. The first kappa shape index (κ1) is 22.3. The second-order valence-electron chi connectivity index (χ2n) is 5.74. The van der Waals surface area contributed by atoms with Gasteiger partial charge < -0.3 is 19.5 Å². The molecule has 1 fully saturated rings. The van der Waals surface area contributed by atoms with Crippen LogP contribution in [0.25, 0.3) is 6.08 Å². The van der Waals surface area contributed by atoms with Crippen molar-refractivity contribution < 1.29 is 28.6 Å². The zero-order valence-corrected chi connectivity index (χ0v) is 17.0. The summed E-state index contributed by atoms with van der Waals surface area (Å²) >= 11 is 0.780. The highest BCUT2D eigenvalue weighted by Crippen LogP contribution is 2.34. The van der Waals surface area contributed by atoms with Crippen molar-refractivity contribution in [1.82, 2.24) is 10.2 Å². The molecule has 0 aromatic heterocycles. The van der Waals surface area contributed by atoms with Crippen LogP contribution in [0.15, 0.2) is 23.1 Å². The zero-order valence-electron chi connectivity index (χ0n) is 16.2. The second kappa shape index (κ2) is 11.1. The third-order valence-corrected chi connectivity index (χ3v) is 4.59. The highest BCUT2D eigenvalue weighted by Gasteiger charge is 2.36. The summed E-state index contributed by atoms with van der Waals surface area (Å²) in [6.07, 6.45) is 6.78. The highest BCUT2D eigenvalue weighted by atomic mass is 32.2. The molecule has 0 aliphatic carbocycles. The SMILES string of the molecule is C#CCOc1ccc(/C=C2\SC(=O)N(CC(=O)NCCOC)C2=O)cc1OCC. The molecular formula is C20H22N2O6S. The normalized spacial score (nSPS) is 14.8. The van der Waals surface area contributed by atoms with Gasteiger partial charge >= 0.3 is 0 Å². The third-order valence-electron chi connectivity index (χ3n) is 3.68. The van der Waals surface area contributed by atoms with E-state index in [1.165, 1.54) is 7.11 Å². The quantitative estimate of drug-likeness (QED) is 0.352. The Kier molecular flexibility index (Phi) is 8.58. The number of carbonyl (C=O) groups excluding carboxylic acids is 3. The first-order valence-corrected chi connectivity index (χ1v) is 9.65. The molecule has 0 radical (unpaired) electrons. The number of rotatable bonds is 10. The van der Waals surface area contributed by atoms with Crippen molar-refractivity contribution in [2.24, 2.45) is 0 Å². The summed E-state index contributed by atoms with van der Waals surface area (Å²) in [5, 5.41) is 2.08. The molecular weight excluding hydrogens is 396 g/mol. The molecule has 0 bridgehead atoms. The molecule has 0 saturated carbocycles. The van der Waals surface area contributed by atoms with Crippen LogP contribution in [0.5, 0.6) is 11.5 Å². The van der Waals surface area contributed by atoms with Gasteiger partial charge in [0.1, 0.15) is 13.2 Å². The molecule has 1 saturated heterocycles. The number of nitrogens with zero attached hydrogens (tertiary/aromatic N) is 1. The van der Waals surface area contributed by atoms with E-state index in [1.54, 1.807) is 24.3 Å². The predicted molar refractivity (Wildman–Crippen MR) is 110 cm³/mol. The van der Waals surface area contributed by atoms with E-state index in [0.29, 0.717) is 36.8 Å². The maximum atomic E-state index is 12.5. The van der Waals surface area contributed by atoms with Crippen LogP contribution in [0.3, 0.4) is 0 Å². The summed E-state index contributed by atoms with van der Waals surface area (Å²) in [7, 11) is 1.51. The maximum Gasteiger partial charge on any atom is 0.294 e. The van der Waals surface area contributed by atoms with Crippen molar-refractivity contribution in [3.8, 4) is 23.8 Å². The van der Waals surface area contributed by atoms with Gasteiger partial charge in [-0.05, 0) is 42.5 Å². The summed E-state index contributed by atoms with van der Waals surface area (Å²) in [6.45, 7) is 2.66. The molecule has 9 heteroatoms. The monoisotopic (exact) mass is 418 g/mol. The van der Waals surface area contributed by atoms with Crippen LogP contribution in [0, 0.1) is 12.3 Å². The molecule has 1 heterocycles. The Bertz CT molecular complexity index is 846. The Hall–Kier alpha value is -2.96. The fraction of sp³-hybridized carbons (Fsp3) is 0.350. The van der Waals surface area contributed by atoms with Gasteiger partial charge in [0.05, 0.1) is 18.1 Å². The average Bonchev–Trinajstić information content (AvgIpc) is 2.95. The Balaban J connectivity index is 2.13. The van der Waals surface area contributed by atoms with E-state index >= 15 is 0 Å². The van der Waals surface area contributed by atoms with Crippen molar-refractivity contribution in [3.05, 3.63) is 28.7 Å². The summed E-state index contributed by atoms with van der Waals surface area (Å²) in [5.41, 5.74) is 0.650. The molecule has 1 aromatic rings. The molecule has 1 aliphatic rings. The summed E-state index contributed by atoms with van der Waals surface area (Å²) < 4.78 is 15.8. The molecule has 0 spiro atoms. The van der Waals surface area contributed by atoms with Crippen molar-refractivity contribution >= 4 is 34.9 Å². The largest absolute Gasteiger partial charge is 0.490 e. The van der Waals surface area contributed by atoms with Crippen molar-refractivity contribution in [2.45, 2.75) is 6.92 Å². The number of carbonyl (C=O) groups is 3. The number of hydrogen-bond acceptors (Lipinski definition) is 7. The van der Waals surface area contributed by atoms with Gasteiger partial charge in [-0.2, -0.15) is 0 Å². The lowest BCUT2D eigenvalue weighted by molar-refractivity contribution is -0.129. The van der Waals surface area contributed by atoms with Gasteiger partial charge in [-0.1, -0.05) is 12.0 Å². The highest BCUT2D eigenvalue weighted by molar-refractivity contribution is 8.18. The second-order valence-corrected chi connectivity index (χ2v) is 6.74. The first-order chi connectivity index (χ1) is 14.0. The van der Waals surface area contributed by atoms with E-state index < -0.39 is 17.1 Å². The van der Waals surface area contributed by atoms with Gasteiger partial charge in [0, 0.05) is 13.7 Å². The van der Waals surface area contributed by atoms with Crippen LogP contribution in [-0.4, -0.2) is 62.0 Å². The zero-order chi connectivity index (χ0) is 21.2. The van der Waals surface area contributed by atoms with Crippen LogP contribution in [0.1, 0.15) is 12.5 Å². The number of thioether (sulfide) groups is 1. The fourth-order valence-electron chi connectivity index (χ4n) is 2.40. The maximum absolute atomic E-state index is 12.5. The topological polar surface area (TPSA) is 94.2 Å². The number of nitrogens with one attached hydrogen (secondary N) is 1. The molecule has 3 amide bonds. The van der Waals surface area contributed by atoms with Gasteiger partial charge in [-0.25, -0.2) is 0 Å². The van der Waals surface area contributed by atoms with Gasteiger partial charge in [-0.15, -0.1) is 6.42 Å². The lowest BCUT2D eigenvalue weighted by Crippen LogP contribution is -2.40. The number of methoxy groups -OCH3 is 1. The molecule has 0 atom stereocenters. The Morgan fingerprint density at radius 1 is 1.31 bits per heavy atom. The molecule has 29 heavy (non-hydrogen) atoms. The molecule has 2 rings (SSSR count). The van der Waals surface area contributed by atoms with Crippen LogP contribution in [-0.2, 0) is 14.3 Å². The summed E-state index contributed by atoms with van der Waals surface area (Å²) in [4.78, 5) is 37.7. The molecule has 0 unspecified atom stereocenters. The van der Waals surface area contributed by atoms with Crippen molar-refractivity contribution in [3.63, 3.8) is 0 Å². The van der Waals surface area contributed by atoms with Gasteiger partial charge in [-0.3, -0.25) is 19.3 Å². The minimum absolute atomic E-state index is 0.102. The van der Waals surface area contributed by atoms with Crippen LogP contribution < -0.4 is 14.8 Å². The van der Waals surface area contributed by atoms with Crippen molar-refractivity contribution in [2.75, 3.05) is 40.0 Å². The Morgan fingerprint density at radius 2 is 2.10 bits per heavy atom. The van der Waals surface area contributed by atoms with Crippen LogP contribution in [0.4, 0.5) is 4.79 Å². The Labute approximate surface area is 173 Å². The van der Waals surface area contributed by atoms with E-state index in [-0.39, 0.29) is 18.1 Å². The molecule has 1 N–H and O–H groups in total. The molecule has 154 valence electrons. The number of imide groups is 1. The lowest BCUT2D eigenvalue weighted by Gasteiger charge is -2.12. The first-order valence-electron chi connectivity index (χ1n) is 8.84. The summed E-state index contributed by atoms with van der Waals surface area (Å²) in [6, 6.07) is 5.10. The number of hydrogen-bond donors (Lipinski definition) is 1. The molecule has 1 aliphatic heterocycles. The number of ether oxygens (including phenoxy) is 3. The van der Waals surface area contributed by atoms with Crippen molar-refractivity contribution in [1.29, 1.82) is 0 Å². The number of benzene rings is 1. The number of terminal acetylenes is 1. The third kappa shape index (κ3) is 6.27. The van der Waals surface area contributed by atoms with E-state index in [4.69, 9.17) is 20.6 Å². The number of amides is 3. The van der Waals surface area contributed by atoms with Gasteiger partial charge in [0.25, 0.3) is 11.1 Å². The van der Waals surface area contributed by atoms with E-state index in [0.717, 1.165) is 16.7 Å². The minimum Gasteiger partial charge on any atom is -0.490 e. The van der Waals surface area contributed by atoms with E-state index in [9.17, 15) is 14.4 Å². The van der Waals surface area contributed by atoms with E-state index in [1.807, 2.05) is 6.92 Å². The Morgan fingerprint density at radius 3 is 2.79 bits per heavy atom. The van der Waals surface area contributed by atoms with Crippen LogP contribution in [0.2, 0.25) is 0 Å². The van der Waals surface area contributed by atoms with Gasteiger partial charge in [0.2, 0.25) is 5.91 Å². The van der Waals surface area contributed by atoms with Crippen LogP contribution >= 0.6 is 11.8 Å². The standard InChI is InChI=1S/C20H22N2O6S/c1-4-9-28-15-7-6-14(11-16(15)27-5-2)12-17-19(24)22(20(25)29-17)13-18(23)21-8-10-26-3/h1,6-7,11-12H,5,8-10,13H2,2-3H3,(H,21,23)/b17-12-. The smallest absolute Gasteiger partial charge is 0.294 e. The minimum atomic E-state index is -0.521. The fourth-order valence-corrected chi connectivity index (χ4v) is 3.24. The summed E-state index contributed by atoms with van der Waals surface area (Å²) in [5.74, 6) is 2.40. The lowest BCUT2D eigenvalue weighted by atomic mass is 10.2.